The summed E-state index contributed by atoms with van der Waals surface area (Å²) in [5.74, 6) is 0. The van der Waals surface area contributed by atoms with Crippen molar-refractivity contribution >= 4 is 9.76 Å². The van der Waals surface area contributed by atoms with E-state index in [0.29, 0.717) is 0 Å². The molecule has 0 heterocycles. The van der Waals surface area contributed by atoms with Crippen LogP contribution in [0.5, 0.6) is 0 Å². The molecule has 0 aliphatic heterocycles. The molecule has 0 aromatic carbocycles. The first-order valence-electron chi connectivity index (χ1n) is 3.25. The molecule has 0 spiro atoms. The van der Waals surface area contributed by atoms with Gasteiger partial charge in [-0.25, -0.2) is 0 Å². The van der Waals surface area contributed by atoms with Crippen molar-refractivity contribution in [1.82, 2.24) is 0 Å². The normalized spacial score (nSPS) is 13.3. The minimum absolute atomic E-state index is 0.156. The molecule has 0 saturated carbocycles. The molecule has 0 aromatic heterocycles. The number of hydrogen-bond donors (Lipinski definition) is 0. The largest absolute Gasteiger partial charge is 0.413 e. The molecule has 1 unspecified atom stereocenters. The van der Waals surface area contributed by atoms with Crippen LogP contribution >= 0.6 is 0 Å². The zero-order chi connectivity index (χ0) is 7.98. The standard InChI is InChI=1S/C8H14OSi/c1-5-7(3)9-10-8(4)6-2/h5-7H,1-2,4,10H2,3H3. The van der Waals surface area contributed by atoms with Gasteiger partial charge in [-0.15, -0.1) is 6.58 Å². The fourth-order valence-corrected chi connectivity index (χ4v) is 1.10. The maximum Gasteiger partial charge on any atom is 0.192 e. The summed E-state index contributed by atoms with van der Waals surface area (Å²) < 4.78 is 5.39. The highest BCUT2D eigenvalue weighted by Gasteiger charge is 1.95. The predicted octanol–water partition coefficient (Wildman–Crippen LogP) is 1.36. The van der Waals surface area contributed by atoms with E-state index in [-0.39, 0.29) is 6.10 Å². The van der Waals surface area contributed by atoms with Gasteiger partial charge in [-0.2, -0.15) is 0 Å². The summed E-state index contributed by atoms with van der Waals surface area (Å²) in [7, 11) is -0.607. The lowest BCUT2D eigenvalue weighted by Gasteiger charge is -2.06. The van der Waals surface area contributed by atoms with Crippen LogP contribution in [0.4, 0.5) is 0 Å². The summed E-state index contributed by atoms with van der Waals surface area (Å²) in [4.78, 5) is 0. The monoisotopic (exact) mass is 154 g/mol. The third kappa shape index (κ3) is 4.29. The quantitative estimate of drug-likeness (QED) is 0.330. The second kappa shape index (κ2) is 5.20. The van der Waals surface area contributed by atoms with Gasteiger partial charge in [0.15, 0.2) is 9.76 Å². The summed E-state index contributed by atoms with van der Waals surface area (Å²) in [5, 5.41) is 1.04. The van der Waals surface area contributed by atoms with Crippen molar-refractivity contribution in [1.29, 1.82) is 0 Å². The van der Waals surface area contributed by atoms with E-state index in [1.165, 1.54) is 0 Å². The lowest BCUT2D eigenvalue weighted by atomic mass is 10.4. The minimum atomic E-state index is -0.607. The molecule has 10 heavy (non-hydrogen) atoms. The van der Waals surface area contributed by atoms with Crippen molar-refractivity contribution in [3.05, 3.63) is 37.1 Å². The fourth-order valence-electron chi connectivity index (χ4n) is 0.365. The second-order valence-electron chi connectivity index (χ2n) is 2.11. The Labute approximate surface area is 65.0 Å². The van der Waals surface area contributed by atoms with E-state index >= 15 is 0 Å². The van der Waals surface area contributed by atoms with E-state index in [0.717, 1.165) is 5.20 Å². The van der Waals surface area contributed by atoms with Gasteiger partial charge in [-0.05, 0) is 12.1 Å². The van der Waals surface area contributed by atoms with Crippen LogP contribution < -0.4 is 0 Å². The summed E-state index contributed by atoms with van der Waals surface area (Å²) in [6, 6.07) is 0. The van der Waals surface area contributed by atoms with E-state index < -0.39 is 9.76 Å². The van der Waals surface area contributed by atoms with Gasteiger partial charge in [-0.1, -0.05) is 25.3 Å². The van der Waals surface area contributed by atoms with Gasteiger partial charge in [0.05, 0.1) is 6.10 Å². The van der Waals surface area contributed by atoms with Gasteiger partial charge in [0, 0.05) is 0 Å². The first-order chi connectivity index (χ1) is 4.70. The van der Waals surface area contributed by atoms with Gasteiger partial charge in [0.2, 0.25) is 0 Å². The third-order valence-electron chi connectivity index (χ3n) is 1.15. The maximum atomic E-state index is 5.39. The van der Waals surface area contributed by atoms with Crippen LogP contribution in [0.1, 0.15) is 6.92 Å². The fraction of sp³-hybridized carbons (Fsp3) is 0.250. The highest BCUT2D eigenvalue weighted by Crippen LogP contribution is 1.94. The van der Waals surface area contributed by atoms with Crippen LogP contribution in [0.25, 0.3) is 0 Å². The average molecular weight is 154 g/mol. The Morgan fingerprint density at radius 2 is 2.20 bits per heavy atom. The highest BCUT2D eigenvalue weighted by atomic mass is 28.2. The maximum absolute atomic E-state index is 5.39. The Morgan fingerprint density at radius 3 is 2.60 bits per heavy atom. The van der Waals surface area contributed by atoms with E-state index in [1.807, 2.05) is 6.92 Å². The molecular formula is C8H14OSi. The molecule has 0 amide bonds. The Kier molecular flexibility index (Phi) is 4.89. The van der Waals surface area contributed by atoms with Crippen LogP contribution in [-0.2, 0) is 4.43 Å². The molecule has 2 heteroatoms. The highest BCUT2D eigenvalue weighted by molar-refractivity contribution is 6.39. The lowest BCUT2D eigenvalue weighted by Crippen LogP contribution is -2.09. The summed E-state index contributed by atoms with van der Waals surface area (Å²) >= 11 is 0. The van der Waals surface area contributed by atoms with Crippen LogP contribution in [0, 0.1) is 0 Å². The van der Waals surface area contributed by atoms with Gasteiger partial charge in [0.25, 0.3) is 0 Å². The van der Waals surface area contributed by atoms with Crippen molar-refractivity contribution < 1.29 is 4.43 Å². The van der Waals surface area contributed by atoms with Crippen molar-refractivity contribution in [2.45, 2.75) is 13.0 Å². The lowest BCUT2D eigenvalue weighted by molar-refractivity contribution is 0.289. The molecule has 0 saturated heterocycles. The molecule has 0 rings (SSSR count). The molecule has 1 nitrogen and oxygen atoms in total. The smallest absolute Gasteiger partial charge is 0.192 e. The van der Waals surface area contributed by atoms with Gasteiger partial charge < -0.3 is 4.43 Å². The van der Waals surface area contributed by atoms with Gasteiger partial charge >= 0.3 is 0 Å². The Balaban J connectivity index is 3.43. The summed E-state index contributed by atoms with van der Waals surface area (Å²) in [6.07, 6.45) is 3.69. The molecule has 0 N–H and O–H groups in total. The molecule has 0 fully saturated rings. The minimum Gasteiger partial charge on any atom is -0.413 e. The molecule has 0 bridgehead atoms. The molecule has 0 aliphatic carbocycles. The molecule has 0 aliphatic rings. The van der Waals surface area contributed by atoms with Crippen LogP contribution in [0.2, 0.25) is 0 Å². The van der Waals surface area contributed by atoms with E-state index in [1.54, 1.807) is 12.2 Å². The number of allylic oxidation sites excluding steroid dienone is 2. The predicted molar refractivity (Wildman–Crippen MR) is 48.6 cm³/mol. The first-order valence-corrected chi connectivity index (χ1v) is 4.53. The third-order valence-corrected chi connectivity index (χ3v) is 2.50. The Morgan fingerprint density at radius 1 is 1.60 bits per heavy atom. The molecule has 0 radical (unpaired) electrons. The van der Waals surface area contributed by atoms with E-state index in [4.69, 9.17) is 4.43 Å². The van der Waals surface area contributed by atoms with Crippen molar-refractivity contribution in [2.24, 2.45) is 0 Å². The van der Waals surface area contributed by atoms with Crippen molar-refractivity contribution in [3.63, 3.8) is 0 Å². The van der Waals surface area contributed by atoms with Gasteiger partial charge in [0.1, 0.15) is 0 Å². The van der Waals surface area contributed by atoms with Gasteiger partial charge in [-0.3, -0.25) is 0 Å². The summed E-state index contributed by atoms with van der Waals surface area (Å²) in [5.41, 5.74) is 0. The number of hydrogen-bond acceptors (Lipinski definition) is 1. The molecule has 56 valence electrons. The van der Waals surface area contributed by atoms with E-state index in [9.17, 15) is 0 Å². The van der Waals surface area contributed by atoms with Crippen LogP contribution in [0.3, 0.4) is 0 Å². The zero-order valence-electron chi connectivity index (χ0n) is 6.47. The first kappa shape index (κ1) is 9.40. The van der Waals surface area contributed by atoms with Crippen LogP contribution in [0.15, 0.2) is 37.1 Å². The van der Waals surface area contributed by atoms with Crippen LogP contribution in [-0.4, -0.2) is 15.9 Å². The second-order valence-corrected chi connectivity index (χ2v) is 3.64. The Hall–Kier alpha value is -0.603. The Bertz CT molecular complexity index is 140. The van der Waals surface area contributed by atoms with E-state index in [2.05, 4.69) is 19.7 Å². The topological polar surface area (TPSA) is 9.23 Å². The molecular weight excluding hydrogens is 140 g/mol. The SMILES string of the molecule is C=CC(=C)[SiH2]OC(C)C=C. The average Bonchev–Trinajstić information content (AvgIpc) is 1.99. The molecule has 1 atom stereocenters. The van der Waals surface area contributed by atoms with Crippen molar-refractivity contribution in [3.8, 4) is 0 Å². The summed E-state index contributed by atoms with van der Waals surface area (Å²) in [6.45, 7) is 12.9. The number of rotatable bonds is 5. The zero-order valence-corrected chi connectivity index (χ0v) is 7.88. The van der Waals surface area contributed by atoms with Crippen molar-refractivity contribution in [2.75, 3.05) is 0 Å². The molecule has 0 aromatic rings.